The van der Waals surface area contributed by atoms with Gasteiger partial charge >= 0.3 is 5.69 Å². The standard InChI is InChI=1S/C9H9N3O/c13-9-11-7-2-1-5-10-8(7)12(9)6-3-4-6/h1-2,5-6H,3-4H2,(H,11,13). The SMILES string of the molecule is O=c1[nH]c2cccnc2n1C1CC1. The van der Waals surface area contributed by atoms with Crippen LogP contribution in [0.15, 0.2) is 23.1 Å². The van der Waals surface area contributed by atoms with E-state index in [1.165, 1.54) is 0 Å². The van der Waals surface area contributed by atoms with E-state index in [1.807, 2.05) is 12.1 Å². The molecule has 0 spiro atoms. The monoisotopic (exact) mass is 175 g/mol. The highest BCUT2D eigenvalue weighted by atomic mass is 16.1. The van der Waals surface area contributed by atoms with Gasteiger partial charge in [-0.15, -0.1) is 0 Å². The number of pyridine rings is 1. The minimum atomic E-state index is -0.0313. The number of nitrogens with zero attached hydrogens (tertiary/aromatic N) is 2. The van der Waals surface area contributed by atoms with Gasteiger partial charge in [0.15, 0.2) is 5.65 Å². The molecule has 1 saturated carbocycles. The van der Waals surface area contributed by atoms with E-state index in [0.717, 1.165) is 24.0 Å². The number of nitrogens with one attached hydrogen (secondary N) is 1. The molecule has 0 amide bonds. The topological polar surface area (TPSA) is 50.7 Å². The molecule has 4 nitrogen and oxygen atoms in total. The molecule has 0 aromatic carbocycles. The number of hydrogen-bond acceptors (Lipinski definition) is 2. The molecule has 0 unspecified atom stereocenters. The molecule has 2 heterocycles. The highest BCUT2D eigenvalue weighted by Gasteiger charge is 2.27. The van der Waals surface area contributed by atoms with Gasteiger partial charge in [0, 0.05) is 12.2 Å². The fourth-order valence-corrected chi connectivity index (χ4v) is 1.63. The molecule has 1 N–H and O–H groups in total. The Labute approximate surface area is 74.2 Å². The Bertz CT molecular complexity index is 507. The second-order valence-corrected chi connectivity index (χ2v) is 3.41. The van der Waals surface area contributed by atoms with Crippen LogP contribution in [0.1, 0.15) is 18.9 Å². The molecule has 2 aromatic heterocycles. The fourth-order valence-electron chi connectivity index (χ4n) is 1.63. The van der Waals surface area contributed by atoms with Gasteiger partial charge in [-0.05, 0) is 25.0 Å². The van der Waals surface area contributed by atoms with Crippen molar-refractivity contribution >= 4 is 11.2 Å². The van der Waals surface area contributed by atoms with E-state index in [-0.39, 0.29) is 5.69 Å². The Morgan fingerprint density at radius 1 is 1.54 bits per heavy atom. The average Bonchev–Trinajstić information content (AvgIpc) is 2.88. The molecule has 1 aliphatic carbocycles. The van der Waals surface area contributed by atoms with E-state index >= 15 is 0 Å². The number of aromatic nitrogens is 3. The molecule has 0 bridgehead atoms. The summed E-state index contributed by atoms with van der Waals surface area (Å²) in [5, 5.41) is 0. The van der Waals surface area contributed by atoms with Gasteiger partial charge in [0.25, 0.3) is 0 Å². The van der Waals surface area contributed by atoms with Crippen molar-refractivity contribution in [3.05, 3.63) is 28.8 Å². The molecular weight excluding hydrogens is 166 g/mol. The van der Waals surface area contributed by atoms with E-state index in [1.54, 1.807) is 10.8 Å². The summed E-state index contributed by atoms with van der Waals surface area (Å²) in [6.45, 7) is 0. The predicted molar refractivity (Wildman–Crippen MR) is 48.6 cm³/mol. The largest absolute Gasteiger partial charge is 0.327 e. The van der Waals surface area contributed by atoms with Crippen LogP contribution >= 0.6 is 0 Å². The first-order chi connectivity index (χ1) is 6.36. The summed E-state index contributed by atoms with van der Waals surface area (Å²) in [7, 11) is 0. The number of aromatic amines is 1. The third-order valence-electron chi connectivity index (χ3n) is 2.39. The lowest BCUT2D eigenvalue weighted by atomic mass is 10.4. The number of fused-ring (bicyclic) bond motifs is 1. The number of hydrogen-bond donors (Lipinski definition) is 1. The summed E-state index contributed by atoms with van der Waals surface area (Å²) >= 11 is 0. The van der Waals surface area contributed by atoms with Gasteiger partial charge in [-0.1, -0.05) is 0 Å². The van der Waals surface area contributed by atoms with Crippen LogP contribution in [-0.2, 0) is 0 Å². The Morgan fingerprint density at radius 3 is 3.15 bits per heavy atom. The Kier molecular flexibility index (Phi) is 1.17. The van der Waals surface area contributed by atoms with Gasteiger partial charge in [-0.25, -0.2) is 9.78 Å². The van der Waals surface area contributed by atoms with Crippen molar-refractivity contribution in [2.45, 2.75) is 18.9 Å². The van der Waals surface area contributed by atoms with Crippen LogP contribution in [0.2, 0.25) is 0 Å². The molecule has 0 atom stereocenters. The highest BCUT2D eigenvalue weighted by Crippen LogP contribution is 2.34. The van der Waals surface area contributed by atoms with Crippen molar-refractivity contribution in [2.75, 3.05) is 0 Å². The summed E-state index contributed by atoms with van der Waals surface area (Å²) in [6, 6.07) is 4.09. The van der Waals surface area contributed by atoms with Gasteiger partial charge in [0.2, 0.25) is 0 Å². The molecule has 13 heavy (non-hydrogen) atoms. The normalized spacial score (nSPS) is 16.6. The van der Waals surface area contributed by atoms with Crippen LogP contribution in [0.5, 0.6) is 0 Å². The van der Waals surface area contributed by atoms with E-state index in [0.29, 0.717) is 6.04 Å². The van der Waals surface area contributed by atoms with Crippen molar-refractivity contribution in [1.29, 1.82) is 0 Å². The highest BCUT2D eigenvalue weighted by molar-refractivity contribution is 5.70. The van der Waals surface area contributed by atoms with Crippen molar-refractivity contribution in [3.63, 3.8) is 0 Å². The molecule has 0 saturated heterocycles. The van der Waals surface area contributed by atoms with Gasteiger partial charge in [0.05, 0.1) is 5.52 Å². The quantitative estimate of drug-likeness (QED) is 0.704. The van der Waals surface area contributed by atoms with Crippen LogP contribution in [-0.4, -0.2) is 14.5 Å². The molecular formula is C9H9N3O. The maximum Gasteiger partial charge on any atom is 0.327 e. The summed E-state index contributed by atoms with van der Waals surface area (Å²) in [5.41, 5.74) is 1.59. The van der Waals surface area contributed by atoms with Crippen molar-refractivity contribution < 1.29 is 0 Å². The van der Waals surface area contributed by atoms with Crippen LogP contribution in [0.3, 0.4) is 0 Å². The zero-order valence-corrected chi connectivity index (χ0v) is 7.03. The number of H-pyrrole nitrogens is 1. The lowest BCUT2D eigenvalue weighted by Gasteiger charge is -1.96. The van der Waals surface area contributed by atoms with Crippen LogP contribution in [0.4, 0.5) is 0 Å². The Morgan fingerprint density at radius 2 is 2.38 bits per heavy atom. The maximum atomic E-state index is 11.5. The minimum absolute atomic E-state index is 0.0313. The second kappa shape index (κ2) is 2.22. The van der Waals surface area contributed by atoms with E-state index < -0.39 is 0 Å². The third-order valence-corrected chi connectivity index (χ3v) is 2.39. The van der Waals surface area contributed by atoms with Crippen LogP contribution in [0, 0.1) is 0 Å². The second-order valence-electron chi connectivity index (χ2n) is 3.41. The van der Waals surface area contributed by atoms with Gasteiger partial charge in [-0.3, -0.25) is 4.57 Å². The summed E-state index contributed by atoms with van der Waals surface area (Å²) < 4.78 is 1.76. The summed E-state index contributed by atoms with van der Waals surface area (Å²) in [4.78, 5) is 18.5. The molecule has 0 aliphatic heterocycles. The lowest BCUT2D eigenvalue weighted by molar-refractivity contribution is 0.726. The van der Waals surface area contributed by atoms with Crippen molar-refractivity contribution in [1.82, 2.24) is 14.5 Å². The van der Waals surface area contributed by atoms with E-state index in [2.05, 4.69) is 9.97 Å². The fraction of sp³-hybridized carbons (Fsp3) is 0.333. The Balaban J connectivity index is 2.41. The molecule has 0 radical (unpaired) electrons. The van der Waals surface area contributed by atoms with Gasteiger partial charge in [-0.2, -0.15) is 0 Å². The van der Waals surface area contributed by atoms with E-state index in [9.17, 15) is 4.79 Å². The molecule has 1 aliphatic rings. The van der Waals surface area contributed by atoms with Gasteiger partial charge in [0.1, 0.15) is 0 Å². The molecule has 3 rings (SSSR count). The third kappa shape index (κ3) is 0.915. The maximum absolute atomic E-state index is 11.5. The molecule has 4 heteroatoms. The summed E-state index contributed by atoms with van der Waals surface area (Å²) in [5.74, 6) is 0. The first-order valence-corrected chi connectivity index (χ1v) is 4.41. The first kappa shape index (κ1) is 6.88. The van der Waals surface area contributed by atoms with Gasteiger partial charge < -0.3 is 4.98 Å². The minimum Gasteiger partial charge on any atom is -0.304 e. The van der Waals surface area contributed by atoms with Crippen molar-refractivity contribution in [2.24, 2.45) is 0 Å². The van der Waals surface area contributed by atoms with Crippen molar-refractivity contribution in [3.8, 4) is 0 Å². The van der Waals surface area contributed by atoms with Crippen LogP contribution < -0.4 is 5.69 Å². The Hall–Kier alpha value is -1.58. The zero-order valence-electron chi connectivity index (χ0n) is 7.03. The zero-order chi connectivity index (χ0) is 8.84. The average molecular weight is 175 g/mol. The van der Waals surface area contributed by atoms with Crippen LogP contribution in [0.25, 0.3) is 11.2 Å². The lowest BCUT2D eigenvalue weighted by Crippen LogP contribution is -2.15. The summed E-state index contributed by atoms with van der Waals surface area (Å²) in [6.07, 6.45) is 3.92. The molecule has 1 fully saturated rings. The molecule has 66 valence electrons. The molecule has 2 aromatic rings. The number of rotatable bonds is 1. The first-order valence-electron chi connectivity index (χ1n) is 4.41. The number of imidazole rings is 1. The van der Waals surface area contributed by atoms with E-state index in [4.69, 9.17) is 0 Å². The predicted octanol–water partition coefficient (Wildman–Crippen LogP) is 1.06. The smallest absolute Gasteiger partial charge is 0.304 e.